The number of aliphatic hydroxyl groups excluding tert-OH is 2. The number of Topliss-reactive ketones (excluding diaryl/α,β-unsaturated/α-hetero) is 1. The van der Waals surface area contributed by atoms with Gasteiger partial charge in [0.2, 0.25) is 0 Å². The van der Waals surface area contributed by atoms with Gasteiger partial charge in [-0.05, 0) is 53.0 Å². The third-order valence-corrected chi connectivity index (χ3v) is 9.23. The summed E-state index contributed by atoms with van der Waals surface area (Å²) in [5.74, 6) is 0.754. The molecule has 1 fully saturated rings. The van der Waals surface area contributed by atoms with Crippen molar-refractivity contribution in [2.45, 2.75) is 44.0 Å². The molecule has 2 aromatic rings. The zero-order chi connectivity index (χ0) is 24.6. The number of thioether (sulfide) groups is 2. The first-order chi connectivity index (χ1) is 16.3. The highest BCUT2D eigenvalue weighted by Gasteiger charge is 2.50. The molecule has 1 unspecified atom stereocenters. The largest absolute Gasteiger partial charge is 0.481 e. The first kappa shape index (κ1) is 26.8. The number of carbonyl (C=O) groups excluding carboxylic acids is 1. The van der Waals surface area contributed by atoms with E-state index in [0.717, 1.165) is 24.3 Å². The maximum absolute atomic E-state index is 12.7. The number of aliphatic hydroxyl groups is 2. The smallest absolute Gasteiger partial charge is 0.313 e. The van der Waals surface area contributed by atoms with E-state index in [1.165, 1.54) is 28.1 Å². The molecule has 4 atom stereocenters. The first-order valence-corrected chi connectivity index (χ1v) is 13.9. The molecule has 3 N–H and O–H groups in total. The number of fused-ring (bicyclic) bond motifs is 1. The number of aryl methyl sites for hydroxylation is 1. The Kier molecular flexibility index (Phi) is 10.1. The number of hydrogen-bond donors (Lipinski definition) is 3. The molecule has 7 heteroatoms. The zero-order valence-corrected chi connectivity index (χ0v) is 21.2. The molecule has 1 saturated carbocycles. The second-order valence-corrected chi connectivity index (χ2v) is 11.4. The Morgan fingerprint density at radius 2 is 1.97 bits per heavy atom. The lowest BCUT2D eigenvalue weighted by Gasteiger charge is -2.32. The van der Waals surface area contributed by atoms with Gasteiger partial charge in [-0.15, -0.1) is 11.8 Å². The Bertz CT molecular complexity index is 1010. The number of ketones is 1. The van der Waals surface area contributed by atoms with Gasteiger partial charge < -0.3 is 15.3 Å². The van der Waals surface area contributed by atoms with Gasteiger partial charge in [0.25, 0.3) is 0 Å². The Labute approximate surface area is 210 Å². The number of carboxylic acid groups (broad SMARTS) is 1. The van der Waals surface area contributed by atoms with Crippen molar-refractivity contribution in [1.29, 1.82) is 0 Å². The SMILES string of the molecule is C[C@]1(/C=C/C(O)CCc2ccc3ccccc3c2)[C@H](CO)CC(=O)[C@@H]1SCCCSCC(=O)O. The molecule has 2 aromatic carbocycles. The summed E-state index contributed by atoms with van der Waals surface area (Å²) >= 11 is 2.97. The van der Waals surface area contributed by atoms with Crippen molar-refractivity contribution in [2.24, 2.45) is 11.3 Å². The number of carboxylic acids is 1. The third kappa shape index (κ3) is 7.11. The van der Waals surface area contributed by atoms with Gasteiger partial charge in [-0.3, -0.25) is 9.59 Å². The van der Waals surface area contributed by atoms with E-state index in [0.29, 0.717) is 12.8 Å². The van der Waals surface area contributed by atoms with E-state index in [2.05, 4.69) is 30.3 Å². The summed E-state index contributed by atoms with van der Waals surface area (Å²) in [5.41, 5.74) is 0.657. The molecular formula is C27H34O5S2. The normalized spacial score (nSPS) is 23.7. The predicted molar refractivity (Wildman–Crippen MR) is 142 cm³/mol. The first-order valence-electron chi connectivity index (χ1n) is 11.7. The minimum atomic E-state index is -0.814. The molecule has 0 heterocycles. The molecule has 0 spiro atoms. The van der Waals surface area contributed by atoms with Crippen molar-refractivity contribution in [1.82, 2.24) is 0 Å². The second kappa shape index (κ2) is 12.8. The maximum atomic E-state index is 12.7. The minimum Gasteiger partial charge on any atom is -0.481 e. The van der Waals surface area contributed by atoms with E-state index in [-0.39, 0.29) is 29.3 Å². The fraction of sp³-hybridized carbons (Fsp3) is 0.481. The van der Waals surface area contributed by atoms with E-state index >= 15 is 0 Å². The lowest BCUT2D eigenvalue weighted by molar-refractivity contribution is -0.133. The van der Waals surface area contributed by atoms with Crippen molar-refractivity contribution in [3.63, 3.8) is 0 Å². The summed E-state index contributed by atoms with van der Waals surface area (Å²) in [6.45, 7) is 1.94. The minimum absolute atomic E-state index is 0.0642. The highest BCUT2D eigenvalue weighted by molar-refractivity contribution is 8.01. The van der Waals surface area contributed by atoms with Crippen LogP contribution in [0, 0.1) is 11.3 Å². The maximum Gasteiger partial charge on any atom is 0.313 e. The van der Waals surface area contributed by atoms with Crippen LogP contribution in [-0.4, -0.2) is 62.3 Å². The molecule has 1 aliphatic carbocycles. The lowest BCUT2D eigenvalue weighted by atomic mass is 9.79. The Balaban J connectivity index is 1.56. The van der Waals surface area contributed by atoms with Crippen molar-refractivity contribution in [3.05, 3.63) is 60.2 Å². The van der Waals surface area contributed by atoms with Crippen LogP contribution in [0.5, 0.6) is 0 Å². The molecule has 34 heavy (non-hydrogen) atoms. The summed E-state index contributed by atoms with van der Waals surface area (Å²) in [4.78, 5) is 23.3. The Hall–Kier alpha value is -1.80. The molecule has 0 radical (unpaired) electrons. The average molecular weight is 503 g/mol. The monoisotopic (exact) mass is 502 g/mol. The standard InChI is InChI=1S/C27H34O5S2/c1-27(22(17-28)16-24(30)26(27)34-14-4-13-33-18-25(31)32)12-11-23(29)10-8-19-7-9-20-5-2-3-6-21(20)15-19/h2-3,5-7,9,11-12,15,22-23,26,28-29H,4,8,10,13-14,16-18H2,1H3,(H,31,32)/b12-11+/t22-,23?,26-,27-/m0/s1. The predicted octanol–water partition coefficient (Wildman–Crippen LogP) is 4.59. The number of allylic oxidation sites excluding steroid dienone is 1. The molecule has 0 saturated heterocycles. The number of aliphatic carboxylic acids is 1. The average Bonchev–Trinajstić information content (AvgIpc) is 3.07. The molecular weight excluding hydrogens is 468 g/mol. The van der Waals surface area contributed by atoms with E-state index < -0.39 is 17.5 Å². The van der Waals surface area contributed by atoms with Crippen molar-refractivity contribution < 1.29 is 24.9 Å². The van der Waals surface area contributed by atoms with Crippen molar-refractivity contribution in [2.75, 3.05) is 23.9 Å². The van der Waals surface area contributed by atoms with Crippen LogP contribution < -0.4 is 0 Å². The third-order valence-electron chi connectivity index (χ3n) is 6.57. The summed E-state index contributed by atoms with van der Waals surface area (Å²) < 4.78 is 0. The zero-order valence-electron chi connectivity index (χ0n) is 19.6. The molecule has 5 nitrogen and oxygen atoms in total. The quantitative estimate of drug-likeness (QED) is 0.272. The number of rotatable bonds is 13. The number of carbonyl (C=O) groups is 2. The van der Waals surface area contributed by atoms with Crippen molar-refractivity contribution >= 4 is 46.0 Å². The fourth-order valence-electron chi connectivity index (χ4n) is 4.53. The van der Waals surface area contributed by atoms with Crippen LogP contribution in [-0.2, 0) is 16.0 Å². The summed E-state index contributed by atoms with van der Waals surface area (Å²) in [6.07, 6.45) is 5.61. The Morgan fingerprint density at radius 3 is 2.71 bits per heavy atom. The fourth-order valence-corrected chi connectivity index (χ4v) is 6.84. The summed E-state index contributed by atoms with van der Waals surface area (Å²) in [6, 6.07) is 14.6. The second-order valence-electron chi connectivity index (χ2n) is 9.11. The van der Waals surface area contributed by atoms with Gasteiger partial charge in [-0.25, -0.2) is 0 Å². The molecule has 184 valence electrons. The van der Waals surface area contributed by atoms with Gasteiger partial charge in [0.1, 0.15) is 5.78 Å². The summed E-state index contributed by atoms with van der Waals surface area (Å²) in [7, 11) is 0. The van der Waals surface area contributed by atoms with Crippen LogP contribution in [0.4, 0.5) is 0 Å². The molecule has 0 bridgehead atoms. The topological polar surface area (TPSA) is 94.8 Å². The van der Waals surface area contributed by atoms with Crippen LogP contribution >= 0.6 is 23.5 Å². The number of benzene rings is 2. The van der Waals surface area contributed by atoms with Crippen molar-refractivity contribution in [3.8, 4) is 0 Å². The lowest BCUT2D eigenvalue weighted by Crippen LogP contribution is -2.33. The molecule has 0 aliphatic heterocycles. The van der Waals surface area contributed by atoms with Gasteiger partial charge >= 0.3 is 5.97 Å². The molecule has 0 amide bonds. The molecule has 1 aliphatic rings. The van der Waals surface area contributed by atoms with Crippen LogP contribution in [0.3, 0.4) is 0 Å². The van der Waals surface area contributed by atoms with Gasteiger partial charge in [0, 0.05) is 18.4 Å². The van der Waals surface area contributed by atoms with Gasteiger partial charge in [-0.2, -0.15) is 11.8 Å². The van der Waals surface area contributed by atoms with E-state index in [1.54, 1.807) is 17.8 Å². The highest BCUT2D eigenvalue weighted by Crippen LogP contribution is 2.48. The summed E-state index contributed by atoms with van der Waals surface area (Å²) in [5, 5.41) is 31.4. The van der Waals surface area contributed by atoms with E-state index in [1.807, 2.05) is 25.1 Å². The van der Waals surface area contributed by atoms with Gasteiger partial charge in [0.05, 0.1) is 17.1 Å². The Morgan fingerprint density at radius 1 is 1.21 bits per heavy atom. The van der Waals surface area contributed by atoms with Gasteiger partial charge in [-0.1, -0.05) is 61.5 Å². The van der Waals surface area contributed by atoms with Gasteiger partial charge in [0.15, 0.2) is 0 Å². The number of hydrogen-bond acceptors (Lipinski definition) is 6. The van der Waals surface area contributed by atoms with Crippen LogP contribution in [0.1, 0.15) is 31.7 Å². The van der Waals surface area contributed by atoms with Crippen LogP contribution in [0.2, 0.25) is 0 Å². The molecule has 3 rings (SSSR count). The highest BCUT2D eigenvalue weighted by atomic mass is 32.2. The van der Waals surface area contributed by atoms with Crippen LogP contribution in [0.25, 0.3) is 10.8 Å². The molecule has 0 aromatic heterocycles. The van der Waals surface area contributed by atoms with Crippen LogP contribution in [0.15, 0.2) is 54.6 Å². The van der Waals surface area contributed by atoms with E-state index in [4.69, 9.17) is 5.11 Å². The van der Waals surface area contributed by atoms with E-state index in [9.17, 15) is 19.8 Å².